The quantitative estimate of drug-likeness (QED) is 0.769. The molecule has 3 rings (SSSR count). The van der Waals surface area contributed by atoms with Gasteiger partial charge < -0.3 is 10.1 Å². The van der Waals surface area contributed by atoms with Crippen molar-refractivity contribution in [1.29, 1.82) is 0 Å². The lowest BCUT2D eigenvalue weighted by Crippen LogP contribution is -2.01. The Morgan fingerprint density at radius 3 is 2.90 bits per heavy atom. The normalized spacial score (nSPS) is 10.6. The molecule has 106 valence electrons. The van der Waals surface area contributed by atoms with Crippen LogP contribution in [0.25, 0.3) is 10.9 Å². The van der Waals surface area contributed by atoms with Gasteiger partial charge in [-0.25, -0.2) is 0 Å². The second-order valence-electron chi connectivity index (χ2n) is 4.72. The van der Waals surface area contributed by atoms with Gasteiger partial charge in [-0.05, 0) is 42.5 Å². The van der Waals surface area contributed by atoms with Crippen molar-refractivity contribution in [2.45, 2.75) is 6.54 Å². The van der Waals surface area contributed by atoms with Gasteiger partial charge in [0.2, 0.25) is 0 Å². The highest BCUT2D eigenvalue weighted by Gasteiger charge is 2.04. The van der Waals surface area contributed by atoms with Crippen LogP contribution in [0.5, 0.6) is 5.75 Å². The van der Waals surface area contributed by atoms with E-state index in [9.17, 15) is 0 Å². The number of methoxy groups -OCH3 is 1. The number of halogens is 1. The first-order valence-electron chi connectivity index (χ1n) is 6.67. The summed E-state index contributed by atoms with van der Waals surface area (Å²) in [6.45, 7) is 0.648. The first-order valence-corrected chi connectivity index (χ1v) is 7.05. The van der Waals surface area contributed by atoms with E-state index in [-0.39, 0.29) is 0 Å². The Morgan fingerprint density at radius 1 is 1.14 bits per heavy atom. The summed E-state index contributed by atoms with van der Waals surface area (Å²) in [6.07, 6.45) is 1.80. The van der Waals surface area contributed by atoms with E-state index >= 15 is 0 Å². The Labute approximate surface area is 128 Å². The van der Waals surface area contributed by atoms with Gasteiger partial charge in [0.05, 0.1) is 12.6 Å². The molecule has 0 radical (unpaired) electrons. The summed E-state index contributed by atoms with van der Waals surface area (Å²) < 4.78 is 5.35. The molecule has 0 aliphatic rings. The van der Waals surface area contributed by atoms with Gasteiger partial charge in [-0.15, -0.1) is 0 Å². The summed E-state index contributed by atoms with van der Waals surface area (Å²) in [5.74, 6) is 0.828. The lowest BCUT2D eigenvalue weighted by Gasteiger charge is -2.11. The number of pyridine rings is 1. The van der Waals surface area contributed by atoms with E-state index in [1.807, 2.05) is 42.5 Å². The summed E-state index contributed by atoms with van der Waals surface area (Å²) in [4.78, 5) is 4.31. The average molecular weight is 299 g/mol. The summed E-state index contributed by atoms with van der Waals surface area (Å²) in [5, 5.41) is 5.20. The van der Waals surface area contributed by atoms with Crippen molar-refractivity contribution in [3.05, 3.63) is 65.3 Å². The highest BCUT2D eigenvalue weighted by atomic mass is 35.5. The molecule has 0 fully saturated rings. The first-order chi connectivity index (χ1) is 10.3. The van der Waals surface area contributed by atoms with E-state index in [0.29, 0.717) is 11.6 Å². The minimum atomic E-state index is 0.648. The third-order valence-electron chi connectivity index (χ3n) is 3.33. The number of hydrogen-bond donors (Lipinski definition) is 1. The number of fused-ring (bicyclic) bond motifs is 1. The van der Waals surface area contributed by atoms with Crippen LogP contribution >= 0.6 is 11.6 Å². The molecule has 0 saturated carbocycles. The van der Waals surface area contributed by atoms with E-state index in [0.717, 1.165) is 27.9 Å². The molecule has 0 saturated heterocycles. The maximum absolute atomic E-state index is 6.04. The van der Waals surface area contributed by atoms with Crippen LogP contribution in [0.15, 0.2) is 54.7 Å². The first kappa shape index (κ1) is 13.7. The van der Waals surface area contributed by atoms with Crippen LogP contribution in [-0.4, -0.2) is 12.1 Å². The Balaban J connectivity index is 1.81. The highest BCUT2D eigenvalue weighted by molar-refractivity contribution is 6.30. The summed E-state index contributed by atoms with van der Waals surface area (Å²) in [6, 6.07) is 15.7. The monoisotopic (exact) mass is 298 g/mol. The number of ether oxygens (including phenoxy) is 1. The average Bonchev–Trinajstić information content (AvgIpc) is 2.53. The lowest BCUT2D eigenvalue weighted by atomic mass is 10.1. The summed E-state index contributed by atoms with van der Waals surface area (Å²) in [5.41, 5.74) is 3.05. The molecule has 3 aromatic rings. The van der Waals surface area contributed by atoms with Crippen LogP contribution in [0.1, 0.15) is 5.56 Å². The SMILES string of the molecule is COc1ccc(Cl)cc1CNc1ccc2ncccc2c1. The zero-order valence-corrected chi connectivity index (χ0v) is 12.4. The van der Waals surface area contributed by atoms with Crippen LogP contribution in [0, 0.1) is 0 Å². The highest BCUT2D eigenvalue weighted by Crippen LogP contribution is 2.24. The van der Waals surface area contributed by atoms with Gasteiger partial charge in [0.15, 0.2) is 0 Å². The van der Waals surface area contributed by atoms with Gasteiger partial charge in [-0.1, -0.05) is 17.7 Å². The van der Waals surface area contributed by atoms with Gasteiger partial charge >= 0.3 is 0 Å². The maximum atomic E-state index is 6.04. The molecular weight excluding hydrogens is 284 g/mol. The number of anilines is 1. The topological polar surface area (TPSA) is 34.1 Å². The molecule has 0 spiro atoms. The number of benzene rings is 2. The number of nitrogens with zero attached hydrogens (tertiary/aromatic N) is 1. The third-order valence-corrected chi connectivity index (χ3v) is 3.56. The van der Waals surface area contributed by atoms with Crippen molar-refractivity contribution in [2.24, 2.45) is 0 Å². The molecule has 1 N–H and O–H groups in total. The Kier molecular flexibility index (Phi) is 3.93. The molecule has 21 heavy (non-hydrogen) atoms. The third kappa shape index (κ3) is 3.09. The molecule has 2 aromatic carbocycles. The fourth-order valence-corrected chi connectivity index (χ4v) is 2.46. The lowest BCUT2D eigenvalue weighted by molar-refractivity contribution is 0.410. The Bertz CT molecular complexity index is 774. The van der Waals surface area contributed by atoms with Crippen molar-refractivity contribution in [1.82, 2.24) is 4.98 Å². The van der Waals surface area contributed by atoms with Crippen molar-refractivity contribution in [3.63, 3.8) is 0 Å². The molecule has 1 heterocycles. The number of aromatic nitrogens is 1. The van der Waals surface area contributed by atoms with E-state index < -0.39 is 0 Å². The van der Waals surface area contributed by atoms with Crippen molar-refractivity contribution < 1.29 is 4.74 Å². The minimum Gasteiger partial charge on any atom is -0.496 e. The van der Waals surface area contributed by atoms with E-state index in [1.165, 1.54) is 0 Å². The standard InChI is InChI=1S/C17H15ClN2O/c1-21-17-7-4-14(18)9-13(17)11-20-15-5-6-16-12(10-15)3-2-8-19-16/h2-10,20H,11H2,1H3. The second-order valence-corrected chi connectivity index (χ2v) is 5.16. The van der Waals surface area contributed by atoms with Crippen LogP contribution in [0.2, 0.25) is 5.02 Å². The number of rotatable bonds is 4. The summed E-state index contributed by atoms with van der Waals surface area (Å²) in [7, 11) is 1.66. The number of nitrogens with one attached hydrogen (secondary N) is 1. The van der Waals surface area contributed by atoms with E-state index in [4.69, 9.17) is 16.3 Å². The van der Waals surface area contributed by atoms with E-state index in [1.54, 1.807) is 13.3 Å². The minimum absolute atomic E-state index is 0.648. The zero-order valence-electron chi connectivity index (χ0n) is 11.6. The largest absolute Gasteiger partial charge is 0.496 e. The fourth-order valence-electron chi connectivity index (χ4n) is 2.27. The van der Waals surface area contributed by atoms with Crippen molar-refractivity contribution in [2.75, 3.05) is 12.4 Å². The molecule has 3 nitrogen and oxygen atoms in total. The molecular formula is C17H15ClN2O. The molecule has 0 aliphatic heterocycles. The van der Waals surface area contributed by atoms with Crippen molar-refractivity contribution in [3.8, 4) is 5.75 Å². The van der Waals surface area contributed by atoms with Gasteiger partial charge in [0, 0.05) is 34.4 Å². The van der Waals surface area contributed by atoms with Crippen LogP contribution < -0.4 is 10.1 Å². The van der Waals surface area contributed by atoms with Crippen LogP contribution in [0.3, 0.4) is 0 Å². The predicted molar refractivity (Wildman–Crippen MR) is 87.1 cm³/mol. The second kappa shape index (κ2) is 6.02. The molecule has 0 aliphatic carbocycles. The summed E-state index contributed by atoms with van der Waals surface area (Å²) >= 11 is 6.04. The van der Waals surface area contributed by atoms with Gasteiger partial charge in [-0.2, -0.15) is 0 Å². The fraction of sp³-hybridized carbons (Fsp3) is 0.118. The van der Waals surface area contributed by atoms with Gasteiger partial charge in [0.1, 0.15) is 5.75 Å². The Morgan fingerprint density at radius 2 is 2.05 bits per heavy atom. The van der Waals surface area contributed by atoms with Gasteiger partial charge in [0.25, 0.3) is 0 Å². The number of hydrogen-bond acceptors (Lipinski definition) is 3. The van der Waals surface area contributed by atoms with Crippen LogP contribution in [-0.2, 0) is 6.54 Å². The molecule has 0 bridgehead atoms. The maximum Gasteiger partial charge on any atom is 0.123 e. The van der Waals surface area contributed by atoms with Crippen LogP contribution in [0.4, 0.5) is 5.69 Å². The predicted octanol–water partition coefficient (Wildman–Crippen LogP) is 4.51. The Hall–Kier alpha value is -2.26. The molecule has 0 amide bonds. The smallest absolute Gasteiger partial charge is 0.123 e. The molecule has 4 heteroatoms. The van der Waals surface area contributed by atoms with Crippen molar-refractivity contribution >= 4 is 28.2 Å². The van der Waals surface area contributed by atoms with Gasteiger partial charge in [-0.3, -0.25) is 4.98 Å². The molecule has 0 unspecified atom stereocenters. The molecule has 1 aromatic heterocycles. The zero-order chi connectivity index (χ0) is 14.7. The van der Waals surface area contributed by atoms with E-state index in [2.05, 4.69) is 16.4 Å². The molecule has 0 atom stereocenters.